The number of aliphatic carboxylic acids is 1. The molecule has 0 aliphatic carbocycles. The minimum absolute atomic E-state index is 0.0104. The Balaban J connectivity index is 1.37. The predicted octanol–water partition coefficient (Wildman–Crippen LogP) is 4.25. The summed E-state index contributed by atoms with van der Waals surface area (Å²) in [6.07, 6.45) is 11.6. The molecule has 0 saturated carbocycles. The van der Waals surface area contributed by atoms with Crippen molar-refractivity contribution in [2.75, 3.05) is 39.5 Å². The number of carbonyl (C=O) groups excluding carboxylic acids is 2. The van der Waals surface area contributed by atoms with E-state index in [2.05, 4.69) is 15.6 Å². The lowest BCUT2D eigenvalue weighted by Crippen LogP contribution is -2.46. The number of hydrogen-bond donors (Lipinski definition) is 3. The van der Waals surface area contributed by atoms with E-state index >= 15 is 0 Å². The number of nitrogens with zero attached hydrogens (tertiary/aromatic N) is 2. The van der Waals surface area contributed by atoms with Crippen molar-refractivity contribution in [3.05, 3.63) is 59.4 Å². The second-order valence-corrected chi connectivity index (χ2v) is 11.1. The number of carbonyl (C=O) groups is 3. The first-order valence-corrected chi connectivity index (χ1v) is 14.8. The standard InChI is InChI=1S/C32H41FN4O5/c33-12-16-42-28-5-1-3-24(18-28)6-7-25-17-27(21-35-20-25)29(19-31(39)40)36-32(41)26-4-2-15-37(22-26)30(38)9-8-23-10-13-34-14-11-23/h1,3,5-7,17-18,20-21,23,26,29,34H,2,4,8-16,19,22H2,(H,36,41)(H,39,40)/b7-6+/t26-,29+/m1/s1. The third-order valence-corrected chi connectivity index (χ3v) is 7.92. The van der Waals surface area contributed by atoms with Gasteiger partial charge in [-0.05, 0) is 86.0 Å². The number of benzene rings is 1. The van der Waals surface area contributed by atoms with Crippen LogP contribution in [0.2, 0.25) is 0 Å². The lowest BCUT2D eigenvalue weighted by Gasteiger charge is -2.33. The normalized spacial score (nSPS) is 18.5. The molecule has 3 N–H and O–H groups in total. The van der Waals surface area contributed by atoms with E-state index < -0.39 is 18.7 Å². The molecule has 2 saturated heterocycles. The molecule has 2 atom stereocenters. The van der Waals surface area contributed by atoms with Crippen molar-refractivity contribution in [2.24, 2.45) is 11.8 Å². The second-order valence-electron chi connectivity index (χ2n) is 11.1. The number of piperidine rings is 2. The van der Waals surface area contributed by atoms with Crippen LogP contribution in [0.15, 0.2) is 42.7 Å². The van der Waals surface area contributed by atoms with Gasteiger partial charge in [-0.1, -0.05) is 24.3 Å². The maximum Gasteiger partial charge on any atom is 0.305 e. The van der Waals surface area contributed by atoms with Crippen LogP contribution in [0.3, 0.4) is 0 Å². The first-order valence-electron chi connectivity index (χ1n) is 14.8. The van der Waals surface area contributed by atoms with Crippen LogP contribution >= 0.6 is 0 Å². The Kier molecular flexibility index (Phi) is 11.9. The Morgan fingerprint density at radius 3 is 2.74 bits per heavy atom. The van der Waals surface area contributed by atoms with Gasteiger partial charge in [-0.2, -0.15) is 0 Å². The molecular weight excluding hydrogens is 539 g/mol. The number of likely N-dealkylation sites (tertiary alicyclic amines) is 1. The van der Waals surface area contributed by atoms with Crippen LogP contribution in [0, 0.1) is 11.8 Å². The highest BCUT2D eigenvalue weighted by atomic mass is 19.1. The maximum atomic E-state index is 13.3. The van der Waals surface area contributed by atoms with E-state index in [0.717, 1.165) is 49.9 Å². The van der Waals surface area contributed by atoms with Crippen LogP contribution in [-0.2, 0) is 14.4 Å². The zero-order chi connectivity index (χ0) is 29.7. The van der Waals surface area contributed by atoms with Crippen molar-refractivity contribution in [2.45, 2.75) is 51.0 Å². The number of amides is 2. The van der Waals surface area contributed by atoms with Gasteiger partial charge in [-0.25, -0.2) is 4.39 Å². The highest BCUT2D eigenvalue weighted by Crippen LogP contribution is 2.24. The molecule has 42 heavy (non-hydrogen) atoms. The first-order chi connectivity index (χ1) is 20.4. The summed E-state index contributed by atoms with van der Waals surface area (Å²) < 4.78 is 17.8. The third-order valence-electron chi connectivity index (χ3n) is 7.92. The molecule has 10 heteroatoms. The highest BCUT2D eigenvalue weighted by Gasteiger charge is 2.30. The van der Waals surface area contributed by atoms with E-state index in [1.807, 2.05) is 24.3 Å². The van der Waals surface area contributed by atoms with E-state index in [1.54, 1.807) is 35.5 Å². The summed E-state index contributed by atoms with van der Waals surface area (Å²) in [7, 11) is 0. The van der Waals surface area contributed by atoms with Crippen molar-refractivity contribution < 1.29 is 28.6 Å². The van der Waals surface area contributed by atoms with E-state index in [-0.39, 0.29) is 30.8 Å². The van der Waals surface area contributed by atoms with Gasteiger partial charge in [-0.15, -0.1) is 0 Å². The van der Waals surface area contributed by atoms with Crippen molar-refractivity contribution in [3.8, 4) is 5.75 Å². The molecule has 1 aromatic heterocycles. The van der Waals surface area contributed by atoms with Gasteiger partial charge in [-0.3, -0.25) is 19.4 Å². The number of rotatable bonds is 13. The predicted molar refractivity (Wildman–Crippen MR) is 158 cm³/mol. The third kappa shape index (κ3) is 9.65. The number of alkyl halides is 1. The van der Waals surface area contributed by atoms with Gasteiger partial charge >= 0.3 is 5.97 Å². The van der Waals surface area contributed by atoms with Crippen molar-refractivity contribution in [3.63, 3.8) is 0 Å². The van der Waals surface area contributed by atoms with Gasteiger partial charge in [0.05, 0.1) is 18.4 Å². The van der Waals surface area contributed by atoms with Gasteiger partial charge in [0.2, 0.25) is 11.8 Å². The molecule has 0 bridgehead atoms. The molecule has 9 nitrogen and oxygen atoms in total. The SMILES string of the molecule is O=C(O)C[C@H](NC(=O)[C@@H]1CCCN(C(=O)CCC2CCNCC2)C1)c1cncc(/C=C/c2cccc(OCCF)c2)c1. The van der Waals surface area contributed by atoms with Gasteiger partial charge in [0.15, 0.2) is 0 Å². The molecule has 0 radical (unpaired) electrons. The largest absolute Gasteiger partial charge is 0.491 e. The number of pyridine rings is 1. The van der Waals surface area contributed by atoms with E-state index in [1.165, 1.54) is 0 Å². The molecule has 4 rings (SSSR count). The zero-order valence-electron chi connectivity index (χ0n) is 24.0. The Hall–Kier alpha value is -3.79. The molecule has 2 aliphatic heterocycles. The molecule has 0 unspecified atom stereocenters. The fraction of sp³-hybridized carbons (Fsp3) is 0.500. The van der Waals surface area contributed by atoms with Crippen LogP contribution in [0.1, 0.15) is 67.7 Å². The zero-order valence-corrected chi connectivity index (χ0v) is 24.0. The summed E-state index contributed by atoms with van der Waals surface area (Å²) in [4.78, 5) is 44.0. The number of halogens is 1. The van der Waals surface area contributed by atoms with Gasteiger partial charge in [0.25, 0.3) is 0 Å². The lowest BCUT2D eigenvalue weighted by molar-refractivity contribution is -0.138. The maximum absolute atomic E-state index is 13.3. The Bertz CT molecular complexity index is 1230. The second kappa shape index (κ2) is 16.0. The number of nitrogens with one attached hydrogen (secondary N) is 2. The van der Waals surface area contributed by atoms with Crippen LogP contribution in [0.4, 0.5) is 4.39 Å². The molecule has 1 aromatic carbocycles. The summed E-state index contributed by atoms with van der Waals surface area (Å²) in [5.74, 6) is -0.442. The van der Waals surface area contributed by atoms with Crippen LogP contribution in [0.5, 0.6) is 5.75 Å². The highest BCUT2D eigenvalue weighted by molar-refractivity contribution is 5.82. The number of carboxylic acids is 1. The molecular formula is C32H41FN4O5. The molecule has 3 heterocycles. The van der Waals surface area contributed by atoms with Crippen LogP contribution in [-0.4, -0.2) is 72.2 Å². The quantitative estimate of drug-likeness (QED) is 0.324. The van der Waals surface area contributed by atoms with Gasteiger partial charge in [0.1, 0.15) is 19.0 Å². The Morgan fingerprint density at radius 1 is 1.14 bits per heavy atom. The molecule has 2 amide bonds. The topological polar surface area (TPSA) is 121 Å². The fourth-order valence-electron chi connectivity index (χ4n) is 5.61. The lowest BCUT2D eigenvalue weighted by atomic mass is 9.92. The molecule has 226 valence electrons. The van der Waals surface area contributed by atoms with Crippen molar-refractivity contribution in [1.29, 1.82) is 0 Å². The summed E-state index contributed by atoms with van der Waals surface area (Å²) in [5, 5.41) is 15.9. The first kappa shape index (κ1) is 31.2. The van der Waals surface area contributed by atoms with Gasteiger partial charge < -0.3 is 25.4 Å². The number of ether oxygens (including phenoxy) is 1. The van der Waals surface area contributed by atoms with E-state index in [0.29, 0.717) is 43.2 Å². The number of hydrogen-bond acceptors (Lipinski definition) is 6. The van der Waals surface area contributed by atoms with Crippen molar-refractivity contribution >= 4 is 29.9 Å². The Morgan fingerprint density at radius 2 is 1.95 bits per heavy atom. The molecule has 0 spiro atoms. The number of aromatic nitrogens is 1. The molecule has 2 aromatic rings. The molecule has 2 fully saturated rings. The smallest absolute Gasteiger partial charge is 0.305 e. The van der Waals surface area contributed by atoms with E-state index in [9.17, 15) is 23.9 Å². The van der Waals surface area contributed by atoms with Gasteiger partial charge in [0, 0.05) is 31.9 Å². The van der Waals surface area contributed by atoms with Crippen LogP contribution < -0.4 is 15.4 Å². The van der Waals surface area contributed by atoms with Crippen molar-refractivity contribution in [1.82, 2.24) is 20.5 Å². The molecule has 2 aliphatic rings. The van der Waals surface area contributed by atoms with E-state index in [4.69, 9.17) is 4.74 Å². The average molecular weight is 581 g/mol. The average Bonchev–Trinajstić information content (AvgIpc) is 3.02. The van der Waals surface area contributed by atoms with Crippen LogP contribution in [0.25, 0.3) is 12.2 Å². The Labute approximate surface area is 246 Å². The summed E-state index contributed by atoms with van der Waals surface area (Å²) in [6, 6.07) is 8.29. The number of carboxylic acid groups (broad SMARTS) is 1. The summed E-state index contributed by atoms with van der Waals surface area (Å²) >= 11 is 0. The minimum atomic E-state index is -1.04. The monoisotopic (exact) mass is 580 g/mol. The summed E-state index contributed by atoms with van der Waals surface area (Å²) in [6.45, 7) is 2.43. The fourth-order valence-corrected chi connectivity index (χ4v) is 5.61. The minimum Gasteiger partial charge on any atom is -0.491 e. The summed E-state index contributed by atoms with van der Waals surface area (Å²) in [5.41, 5.74) is 2.16.